The number of aryl methyl sites for hydroxylation is 2. The van der Waals surface area contributed by atoms with Gasteiger partial charge >= 0.3 is 0 Å². The van der Waals surface area contributed by atoms with Gasteiger partial charge in [-0.2, -0.15) is 5.10 Å². The van der Waals surface area contributed by atoms with Crippen LogP contribution in [0.1, 0.15) is 63.8 Å². The SMILES string of the molecule is CCNC(=NCCOc1ccccc1C(C)(C)C)NC1CCCn2nc(C)nc21. The maximum absolute atomic E-state index is 6.05. The molecule has 1 unspecified atom stereocenters. The molecule has 0 saturated heterocycles. The topological polar surface area (TPSA) is 76.4 Å². The van der Waals surface area contributed by atoms with E-state index in [0.29, 0.717) is 13.2 Å². The molecule has 158 valence electrons. The van der Waals surface area contributed by atoms with E-state index in [4.69, 9.17) is 9.73 Å². The highest BCUT2D eigenvalue weighted by atomic mass is 16.5. The van der Waals surface area contributed by atoms with Crippen LogP contribution in [0.15, 0.2) is 29.3 Å². The second kappa shape index (κ2) is 9.29. The van der Waals surface area contributed by atoms with Gasteiger partial charge in [-0.3, -0.25) is 0 Å². The lowest BCUT2D eigenvalue weighted by Crippen LogP contribution is -2.41. The molecule has 2 aromatic rings. The molecule has 0 aliphatic carbocycles. The summed E-state index contributed by atoms with van der Waals surface area (Å²) in [5.74, 6) is 3.54. The molecule has 29 heavy (non-hydrogen) atoms. The van der Waals surface area contributed by atoms with Crippen molar-refractivity contribution >= 4 is 5.96 Å². The summed E-state index contributed by atoms with van der Waals surface area (Å²) in [6.45, 7) is 13.5. The third-order valence-corrected chi connectivity index (χ3v) is 4.95. The van der Waals surface area contributed by atoms with E-state index >= 15 is 0 Å². The number of guanidine groups is 1. The van der Waals surface area contributed by atoms with Crippen LogP contribution >= 0.6 is 0 Å². The fourth-order valence-corrected chi connectivity index (χ4v) is 3.62. The molecule has 3 rings (SSSR count). The number of fused-ring (bicyclic) bond motifs is 1. The van der Waals surface area contributed by atoms with Crippen molar-refractivity contribution in [3.8, 4) is 5.75 Å². The van der Waals surface area contributed by atoms with Crippen LogP contribution in [0.25, 0.3) is 0 Å². The zero-order valence-corrected chi connectivity index (χ0v) is 18.3. The molecule has 0 fully saturated rings. The molecule has 2 N–H and O–H groups in total. The van der Waals surface area contributed by atoms with Crippen molar-refractivity contribution in [3.63, 3.8) is 0 Å². The molecular weight excluding hydrogens is 364 g/mol. The summed E-state index contributed by atoms with van der Waals surface area (Å²) in [7, 11) is 0. The van der Waals surface area contributed by atoms with Gasteiger partial charge in [0.1, 0.15) is 24.0 Å². The quantitative estimate of drug-likeness (QED) is 0.443. The predicted octanol–water partition coefficient (Wildman–Crippen LogP) is 3.35. The molecule has 0 radical (unpaired) electrons. The number of nitrogens with one attached hydrogen (secondary N) is 2. The van der Waals surface area contributed by atoms with Crippen molar-refractivity contribution in [2.45, 2.75) is 65.5 Å². The van der Waals surface area contributed by atoms with Crippen molar-refractivity contribution in [1.29, 1.82) is 0 Å². The maximum Gasteiger partial charge on any atom is 0.191 e. The van der Waals surface area contributed by atoms with Crippen LogP contribution in [-0.2, 0) is 12.0 Å². The number of aliphatic imine (C=N–C) groups is 1. The fourth-order valence-electron chi connectivity index (χ4n) is 3.62. The van der Waals surface area contributed by atoms with Gasteiger partial charge in [0, 0.05) is 13.1 Å². The van der Waals surface area contributed by atoms with Gasteiger partial charge in [0.25, 0.3) is 0 Å². The molecule has 1 atom stereocenters. The normalized spacial score (nSPS) is 17.0. The maximum atomic E-state index is 6.05. The Kier molecular flexibility index (Phi) is 6.77. The Balaban J connectivity index is 1.61. The summed E-state index contributed by atoms with van der Waals surface area (Å²) in [6, 6.07) is 8.37. The van der Waals surface area contributed by atoms with Crippen LogP contribution in [0.4, 0.5) is 0 Å². The summed E-state index contributed by atoms with van der Waals surface area (Å²) >= 11 is 0. The van der Waals surface area contributed by atoms with Crippen LogP contribution < -0.4 is 15.4 Å². The highest BCUT2D eigenvalue weighted by molar-refractivity contribution is 5.80. The van der Waals surface area contributed by atoms with Crippen molar-refractivity contribution in [2.75, 3.05) is 19.7 Å². The number of hydrogen-bond acceptors (Lipinski definition) is 4. The molecule has 0 amide bonds. The Morgan fingerprint density at radius 3 is 2.86 bits per heavy atom. The number of para-hydroxylation sites is 1. The zero-order chi connectivity index (χ0) is 20.9. The number of ether oxygens (including phenoxy) is 1. The molecule has 1 aromatic heterocycles. The number of rotatable bonds is 6. The van der Waals surface area contributed by atoms with E-state index in [1.807, 2.05) is 23.7 Å². The average molecular weight is 399 g/mol. The fraction of sp³-hybridized carbons (Fsp3) is 0.591. The van der Waals surface area contributed by atoms with E-state index in [9.17, 15) is 0 Å². The van der Waals surface area contributed by atoms with Gasteiger partial charge in [0.15, 0.2) is 5.96 Å². The lowest BCUT2D eigenvalue weighted by atomic mass is 9.86. The van der Waals surface area contributed by atoms with Crippen LogP contribution in [-0.4, -0.2) is 40.4 Å². The minimum absolute atomic E-state index is 0.0470. The molecule has 2 heterocycles. The van der Waals surface area contributed by atoms with Crippen molar-refractivity contribution in [1.82, 2.24) is 25.4 Å². The smallest absolute Gasteiger partial charge is 0.191 e. The Hall–Kier alpha value is -2.57. The molecular formula is C22H34N6O. The summed E-state index contributed by atoms with van der Waals surface area (Å²) in [6.07, 6.45) is 2.11. The summed E-state index contributed by atoms with van der Waals surface area (Å²) in [5, 5.41) is 11.3. The third-order valence-electron chi connectivity index (χ3n) is 4.95. The highest BCUT2D eigenvalue weighted by Crippen LogP contribution is 2.30. The standard InChI is InChI=1S/C22H34N6O/c1-6-23-21(26-18-11-9-14-28-20(18)25-16(2)27-28)24-13-15-29-19-12-8-7-10-17(19)22(3,4)5/h7-8,10,12,18H,6,9,11,13-15H2,1-5H3,(H2,23,24,26). The van der Waals surface area contributed by atoms with Crippen LogP contribution in [0, 0.1) is 6.92 Å². The van der Waals surface area contributed by atoms with Crippen molar-refractivity contribution in [3.05, 3.63) is 41.5 Å². The molecule has 1 aliphatic heterocycles. The highest BCUT2D eigenvalue weighted by Gasteiger charge is 2.24. The average Bonchev–Trinajstić information content (AvgIpc) is 3.06. The van der Waals surface area contributed by atoms with E-state index in [-0.39, 0.29) is 11.5 Å². The Morgan fingerprint density at radius 2 is 2.10 bits per heavy atom. The minimum atomic E-state index is 0.0470. The molecule has 1 aliphatic rings. The first-order valence-corrected chi connectivity index (χ1v) is 10.6. The Labute approximate surface area is 174 Å². The largest absolute Gasteiger partial charge is 0.491 e. The van der Waals surface area contributed by atoms with Gasteiger partial charge in [0.2, 0.25) is 0 Å². The van der Waals surface area contributed by atoms with E-state index in [0.717, 1.165) is 49.3 Å². The van der Waals surface area contributed by atoms with Gasteiger partial charge in [-0.25, -0.2) is 14.7 Å². The van der Waals surface area contributed by atoms with E-state index in [2.05, 4.69) is 60.5 Å². The molecule has 0 spiro atoms. The molecule has 0 saturated carbocycles. The lowest BCUT2D eigenvalue weighted by molar-refractivity contribution is 0.318. The second-order valence-electron chi connectivity index (χ2n) is 8.43. The first-order valence-electron chi connectivity index (χ1n) is 10.6. The third kappa shape index (κ3) is 5.49. The second-order valence-corrected chi connectivity index (χ2v) is 8.43. The number of hydrogen-bond donors (Lipinski definition) is 2. The summed E-state index contributed by atoms with van der Waals surface area (Å²) in [4.78, 5) is 9.30. The minimum Gasteiger partial charge on any atom is -0.491 e. The zero-order valence-electron chi connectivity index (χ0n) is 18.3. The number of nitrogens with zero attached hydrogens (tertiary/aromatic N) is 4. The Morgan fingerprint density at radius 1 is 1.31 bits per heavy atom. The van der Waals surface area contributed by atoms with E-state index in [1.54, 1.807) is 0 Å². The van der Waals surface area contributed by atoms with Gasteiger partial charge in [0.05, 0.1) is 12.6 Å². The van der Waals surface area contributed by atoms with Gasteiger partial charge in [-0.05, 0) is 43.7 Å². The lowest BCUT2D eigenvalue weighted by Gasteiger charge is -2.25. The Bertz CT molecular complexity index is 836. The predicted molar refractivity (Wildman–Crippen MR) is 116 cm³/mol. The van der Waals surface area contributed by atoms with Crippen LogP contribution in [0.3, 0.4) is 0 Å². The van der Waals surface area contributed by atoms with Gasteiger partial charge in [-0.1, -0.05) is 39.0 Å². The van der Waals surface area contributed by atoms with Gasteiger partial charge < -0.3 is 15.4 Å². The van der Waals surface area contributed by atoms with E-state index < -0.39 is 0 Å². The van der Waals surface area contributed by atoms with E-state index in [1.165, 1.54) is 5.56 Å². The first-order chi connectivity index (χ1) is 13.9. The summed E-state index contributed by atoms with van der Waals surface area (Å²) < 4.78 is 8.06. The first kappa shape index (κ1) is 21.1. The van der Waals surface area contributed by atoms with Crippen molar-refractivity contribution in [2.24, 2.45) is 4.99 Å². The molecule has 7 heteroatoms. The van der Waals surface area contributed by atoms with Crippen LogP contribution in [0.2, 0.25) is 0 Å². The van der Waals surface area contributed by atoms with Gasteiger partial charge in [-0.15, -0.1) is 0 Å². The molecule has 1 aromatic carbocycles. The molecule has 0 bridgehead atoms. The van der Waals surface area contributed by atoms with Crippen LogP contribution in [0.5, 0.6) is 5.75 Å². The summed E-state index contributed by atoms with van der Waals surface area (Å²) in [5.41, 5.74) is 1.26. The van der Waals surface area contributed by atoms with Crippen molar-refractivity contribution < 1.29 is 4.74 Å². The number of aromatic nitrogens is 3. The monoisotopic (exact) mass is 398 g/mol. The molecule has 7 nitrogen and oxygen atoms in total. The number of benzene rings is 1.